The molecule has 1 fully saturated rings. The van der Waals surface area contributed by atoms with E-state index in [-0.39, 0.29) is 0 Å². The van der Waals surface area contributed by atoms with Crippen LogP contribution < -0.4 is 0 Å². The van der Waals surface area contributed by atoms with E-state index in [2.05, 4.69) is 18.7 Å². The van der Waals surface area contributed by atoms with Crippen LogP contribution in [0, 0.1) is 5.92 Å². The number of rotatable bonds is 4. The first-order chi connectivity index (χ1) is 7.60. The minimum absolute atomic E-state index is 0.833. The Morgan fingerprint density at radius 3 is 2.56 bits per heavy atom. The number of carboxylic acids is 1. The van der Waals surface area contributed by atoms with E-state index in [4.69, 9.17) is 9.90 Å². The van der Waals surface area contributed by atoms with Crippen molar-refractivity contribution in [2.45, 2.75) is 52.9 Å². The van der Waals surface area contributed by atoms with Crippen LogP contribution in [-0.2, 0) is 4.79 Å². The molecule has 1 aliphatic rings. The van der Waals surface area contributed by atoms with Crippen molar-refractivity contribution in [1.82, 2.24) is 4.90 Å². The van der Waals surface area contributed by atoms with Gasteiger partial charge in [-0.3, -0.25) is 4.79 Å². The van der Waals surface area contributed by atoms with Gasteiger partial charge >= 0.3 is 0 Å². The summed E-state index contributed by atoms with van der Waals surface area (Å²) >= 11 is 0. The van der Waals surface area contributed by atoms with Gasteiger partial charge in [0.15, 0.2) is 0 Å². The van der Waals surface area contributed by atoms with Crippen molar-refractivity contribution >= 4 is 5.97 Å². The van der Waals surface area contributed by atoms with Crippen molar-refractivity contribution in [1.29, 1.82) is 0 Å². The van der Waals surface area contributed by atoms with Crippen LogP contribution in [0.5, 0.6) is 0 Å². The predicted octanol–water partition coefficient (Wildman–Crippen LogP) is 3.00. The number of carboxylic acid groups (broad SMARTS) is 1. The third kappa shape index (κ3) is 8.72. The fourth-order valence-corrected chi connectivity index (χ4v) is 2.07. The average Bonchev–Trinajstić information content (AvgIpc) is 2.26. The summed E-state index contributed by atoms with van der Waals surface area (Å²) in [6, 6.07) is 0. The largest absolute Gasteiger partial charge is 0.481 e. The number of hydrogen-bond acceptors (Lipinski definition) is 2. The summed E-state index contributed by atoms with van der Waals surface area (Å²) in [5.74, 6) is 0.163. The SMILES string of the molecule is CC(=O)O.CCCCN1CCCC(CC)C1. The smallest absolute Gasteiger partial charge is 0.300 e. The maximum absolute atomic E-state index is 9.00. The lowest BCUT2D eigenvalue weighted by Gasteiger charge is -2.32. The fraction of sp³-hybridized carbons (Fsp3) is 0.923. The zero-order valence-corrected chi connectivity index (χ0v) is 11.0. The van der Waals surface area contributed by atoms with Crippen LogP contribution >= 0.6 is 0 Å². The second-order valence-electron chi connectivity index (χ2n) is 4.59. The molecule has 1 saturated heterocycles. The van der Waals surface area contributed by atoms with Crippen molar-refractivity contribution in [3.8, 4) is 0 Å². The van der Waals surface area contributed by atoms with Gasteiger partial charge in [0, 0.05) is 13.5 Å². The lowest BCUT2D eigenvalue weighted by Crippen LogP contribution is -2.35. The molecule has 0 aromatic heterocycles. The van der Waals surface area contributed by atoms with Crippen LogP contribution in [0.15, 0.2) is 0 Å². The molecule has 1 N–H and O–H groups in total. The van der Waals surface area contributed by atoms with E-state index in [9.17, 15) is 0 Å². The van der Waals surface area contributed by atoms with Gasteiger partial charge in [-0.1, -0.05) is 26.7 Å². The minimum atomic E-state index is -0.833. The van der Waals surface area contributed by atoms with Gasteiger partial charge in [-0.2, -0.15) is 0 Å². The topological polar surface area (TPSA) is 40.5 Å². The number of hydrogen-bond donors (Lipinski definition) is 1. The van der Waals surface area contributed by atoms with Crippen LogP contribution in [0.1, 0.15) is 52.9 Å². The van der Waals surface area contributed by atoms with Crippen molar-refractivity contribution in [2.75, 3.05) is 19.6 Å². The van der Waals surface area contributed by atoms with Crippen LogP contribution in [0.4, 0.5) is 0 Å². The number of likely N-dealkylation sites (tertiary alicyclic amines) is 1. The molecule has 96 valence electrons. The first-order valence-electron chi connectivity index (χ1n) is 6.52. The van der Waals surface area contributed by atoms with E-state index in [0.717, 1.165) is 12.8 Å². The van der Waals surface area contributed by atoms with Crippen molar-refractivity contribution in [2.24, 2.45) is 5.92 Å². The third-order valence-corrected chi connectivity index (χ3v) is 3.01. The molecule has 1 heterocycles. The van der Waals surface area contributed by atoms with Crippen LogP contribution in [0.25, 0.3) is 0 Å². The highest BCUT2D eigenvalue weighted by molar-refractivity contribution is 5.62. The Kier molecular flexibility index (Phi) is 9.30. The molecular weight excluding hydrogens is 202 g/mol. The summed E-state index contributed by atoms with van der Waals surface area (Å²) in [5.41, 5.74) is 0. The summed E-state index contributed by atoms with van der Waals surface area (Å²) < 4.78 is 0. The normalized spacial score (nSPS) is 21.1. The maximum atomic E-state index is 9.00. The van der Waals surface area contributed by atoms with Gasteiger partial charge in [0.2, 0.25) is 0 Å². The third-order valence-electron chi connectivity index (χ3n) is 3.01. The van der Waals surface area contributed by atoms with Crippen molar-refractivity contribution < 1.29 is 9.90 Å². The number of aliphatic carboxylic acids is 1. The first-order valence-corrected chi connectivity index (χ1v) is 6.52. The van der Waals surface area contributed by atoms with Crippen LogP contribution in [-0.4, -0.2) is 35.6 Å². The summed E-state index contributed by atoms with van der Waals surface area (Å²) in [4.78, 5) is 11.7. The van der Waals surface area contributed by atoms with Gasteiger partial charge in [0.25, 0.3) is 5.97 Å². The maximum Gasteiger partial charge on any atom is 0.300 e. The summed E-state index contributed by atoms with van der Waals surface area (Å²) in [6.45, 7) is 9.76. The molecule has 0 saturated carbocycles. The Hall–Kier alpha value is -0.570. The second-order valence-corrected chi connectivity index (χ2v) is 4.59. The molecule has 0 bridgehead atoms. The minimum Gasteiger partial charge on any atom is -0.481 e. The van der Waals surface area contributed by atoms with Crippen LogP contribution in [0.3, 0.4) is 0 Å². The van der Waals surface area contributed by atoms with Gasteiger partial charge in [0.1, 0.15) is 0 Å². The van der Waals surface area contributed by atoms with E-state index in [0.29, 0.717) is 0 Å². The molecule has 0 aromatic carbocycles. The standard InChI is InChI=1S/C11H23N.C2H4O2/c1-3-5-8-12-9-6-7-11(4-2)10-12;1-2(3)4/h11H,3-10H2,1-2H3;1H3,(H,3,4). The molecule has 0 amide bonds. The summed E-state index contributed by atoms with van der Waals surface area (Å²) in [5, 5.41) is 7.42. The Labute approximate surface area is 99.8 Å². The van der Waals surface area contributed by atoms with Gasteiger partial charge in [-0.05, 0) is 38.3 Å². The van der Waals surface area contributed by atoms with E-state index < -0.39 is 5.97 Å². The molecule has 3 heteroatoms. The molecule has 16 heavy (non-hydrogen) atoms. The zero-order chi connectivity index (χ0) is 12.4. The monoisotopic (exact) mass is 229 g/mol. The van der Waals surface area contributed by atoms with Gasteiger partial charge in [-0.15, -0.1) is 0 Å². The average molecular weight is 229 g/mol. The highest BCUT2D eigenvalue weighted by atomic mass is 16.4. The molecule has 0 spiro atoms. The van der Waals surface area contributed by atoms with Gasteiger partial charge in [0.05, 0.1) is 0 Å². The second kappa shape index (κ2) is 9.64. The number of unbranched alkanes of at least 4 members (excludes halogenated alkanes) is 1. The fourth-order valence-electron chi connectivity index (χ4n) is 2.07. The molecule has 1 aliphatic heterocycles. The molecule has 1 atom stereocenters. The molecule has 0 radical (unpaired) electrons. The molecule has 3 nitrogen and oxygen atoms in total. The molecule has 1 rings (SSSR count). The van der Waals surface area contributed by atoms with Gasteiger partial charge < -0.3 is 10.0 Å². The van der Waals surface area contributed by atoms with Crippen LogP contribution in [0.2, 0.25) is 0 Å². The quantitative estimate of drug-likeness (QED) is 0.805. The van der Waals surface area contributed by atoms with E-state index >= 15 is 0 Å². The lowest BCUT2D eigenvalue weighted by atomic mass is 9.95. The van der Waals surface area contributed by atoms with E-state index in [1.54, 1.807) is 0 Å². The number of nitrogens with zero attached hydrogens (tertiary/aromatic N) is 1. The Balaban J connectivity index is 0.000000487. The zero-order valence-electron chi connectivity index (χ0n) is 11.0. The first kappa shape index (κ1) is 15.4. The molecular formula is C13H27NO2. The Bertz CT molecular complexity index is 179. The van der Waals surface area contributed by atoms with Crippen molar-refractivity contribution in [3.05, 3.63) is 0 Å². The highest BCUT2D eigenvalue weighted by Gasteiger charge is 2.17. The molecule has 1 unspecified atom stereocenters. The molecule has 0 aliphatic carbocycles. The Morgan fingerprint density at radius 2 is 2.06 bits per heavy atom. The summed E-state index contributed by atoms with van der Waals surface area (Å²) in [7, 11) is 0. The number of carbonyl (C=O) groups is 1. The van der Waals surface area contributed by atoms with E-state index in [1.165, 1.54) is 51.7 Å². The van der Waals surface area contributed by atoms with Gasteiger partial charge in [-0.25, -0.2) is 0 Å². The van der Waals surface area contributed by atoms with E-state index in [1.807, 2.05) is 0 Å². The predicted molar refractivity (Wildman–Crippen MR) is 67.7 cm³/mol. The highest BCUT2D eigenvalue weighted by Crippen LogP contribution is 2.19. The molecule has 0 aromatic rings. The Morgan fingerprint density at radius 1 is 1.44 bits per heavy atom. The number of piperidine rings is 1. The lowest BCUT2D eigenvalue weighted by molar-refractivity contribution is -0.134. The summed E-state index contributed by atoms with van der Waals surface area (Å²) in [6.07, 6.45) is 7.01. The van der Waals surface area contributed by atoms with Crippen molar-refractivity contribution in [3.63, 3.8) is 0 Å².